The zero-order valence-electron chi connectivity index (χ0n) is 27.0. The average molecular weight is 640 g/mol. The molecule has 1 aliphatic heterocycles. The number of fused-ring (bicyclic) bond motifs is 5. The molecule has 1 saturated heterocycles. The molecule has 4 aliphatic carbocycles. The summed E-state index contributed by atoms with van der Waals surface area (Å²) in [6.07, 6.45) is 17.0. The van der Waals surface area contributed by atoms with Crippen molar-refractivity contribution in [3.05, 3.63) is 0 Å². The fourth-order valence-corrected chi connectivity index (χ4v) is 11.5. The average Bonchev–Trinajstić information content (AvgIpc) is 3.30. The van der Waals surface area contributed by atoms with Gasteiger partial charge in [-0.2, -0.15) is 0 Å². The summed E-state index contributed by atoms with van der Waals surface area (Å²) in [5.74, 6) is 5.11. The van der Waals surface area contributed by atoms with Gasteiger partial charge >= 0.3 is 0 Å². The SMILES string of the molecule is CCCCC[N+]1(CCO)CCN(C(=O)CC[C@@H](C)[C@H]2CCC3C4CCC5C[C@H](O)CC[C@]5(C)C4CC[C@@]32C)CC1.[Br-]. The van der Waals surface area contributed by atoms with E-state index in [1.165, 1.54) is 64.2 Å². The molecular formula is C35H63BrN2O3. The summed E-state index contributed by atoms with van der Waals surface area (Å²) in [5, 5.41) is 20.1. The quantitative estimate of drug-likeness (QED) is 0.285. The van der Waals surface area contributed by atoms with Gasteiger partial charge in [0.1, 0.15) is 6.54 Å². The van der Waals surface area contributed by atoms with Crippen LogP contribution in [0.15, 0.2) is 0 Å². The van der Waals surface area contributed by atoms with Crippen LogP contribution in [0.2, 0.25) is 0 Å². The minimum atomic E-state index is -0.0548. The monoisotopic (exact) mass is 638 g/mol. The highest BCUT2D eigenvalue weighted by Gasteiger charge is 2.60. The second-order valence-corrected chi connectivity index (χ2v) is 15.9. The molecule has 0 aromatic rings. The minimum Gasteiger partial charge on any atom is -1.00 e. The molecule has 9 atom stereocenters. The van der Waals surface area contributed by atoms with Crippen LogP contribution in [-0.2, 0) is 4.79 Å². The second kappa shape index (κ2) is 13.9. The first-order valence-electron chi connectivity index (χ1n) is 17.6. The van der Waals surface area contributed by atoms with Crippen LogP contribution in [0.4, 0.5) is 0 Å². The number of aliphatic hydroxyl groups is 2. The molecule has 0 bridgehead atoms. The summed E-state index contributed by atoms with van der Waals surface area (Å²) < 4.78 is 1.00. The van der Waals surface area contributed by atoms with Crippen molar-refractivity contribution in [3.8, 4) is 0 Å². The molecule has 4 saturated carbocycles. The Morgan fingerprint density at radius 2 is 1.66 bits per heavy atom. The van der Waals surface area contributed by atoms with Crippen molar-refractivity contribution in [3.63, 3.8) is 0 Å². The number of unbranched alkanes of at least 4 members (excludes halogenated alkanes) is 2. The molecule has 1 amide bonds. The molecule has 5 aliphatic rings. The Labute approximate surface area is 262 Å². The Morgan fingerprint density at radius 1 is 0.951 bits per heavy atom. The van der Waals surface area contributed by atoms with Crippen LogP contribution in [0.25, 0.3) is 0 Å². The van der Waals surface area contributed by atoms with Crippen LogP contribution in [0.3, 0.4) is 0 Å². The van der Waals surface area contributed by atoms with Crippen molar-refractivity contribution in [2.75, 3.05) is 45.9 Å². The summed E-state index contributed by atoms with van der Waals surface area (Å²) in [6, 6.07) is 0. The van der Waals surface area contributed by atoms with Crippen LogP contribution >= 0.6 is 0 Å². The smallest absolute Gasteiger partial charge is 0.222 e. The highest BCUT2D eigenvalue weighted by Crippen LogP contribution is 2.68. The summed E-state index contributed by atoms with van der Waals surface area (Å²) in [6.45, 7) is 15.9. The first-order chi connectivity index (χ1) is 19.2. The van der Waals surface area contributed by atoms with Crippen LogP contribution in [0, 0.1) is 46.3 Å². The van der Waals surface area contributed by atoms with Crippen molar-refractivity contribution in [2.45, 2.75) is 124 Å². The molecule has 5 fully saturated rings. The molecule has 6 heteroatoms. The van der Waals surface area contributed by atoms with E-state index in [0.29, 0.717) is 29.1 Å². The Balaban J connectivity index is 0.00000387. The maximum atomic E-state index is 13.3. The molecular weight excluding hydrogens is 576 g/mol. The number of quaternary nitrogens is 1. The predicted molar refractivity (Wildman–Crippen MR) is 163 cm³/mol. The van der Waals surface area contributed by atoms with Gasteiger partial charge in [0.05, 0.1) is 45.4 Å². The van der Waals surface area contributed by atoms with Crippen molar-refractivity contribution >= 4 is 5.91 Å². The van der Waals surface area contributed by atoms with Gasteiger partial charge in [0, 0.05) is 6.42 Å². The number of carbonyl (C=O) groups is 1. The van der Waals surface area contributed by atoms with Gasteiger partial charge in [0.25, 0.3) is 0 Å². The molecule has 0 radical (unpaired) electrons. The standard InChI is InChI=1S/C35H63N2O3.BrH/c1-5-6-7-20-37(23-24-38)21-18-36(19-22-37)33(40)13-8-26(2)30-11-12-31-29-10-9-27-25-28(39)14-16-34(27,3)32(29)15-17-35(30,31)4;/h26-32,38-39H,5-25H2,1-4H3;1H/q+1;/p-1/t26-,27?,28-,29?,30-,31?,32?,34+,35-;/m1./s1. The number of hydrogen-bond donors (Lipinski definition) is 2. The number of piperazine rings is 1. The number of aliphatic hydroxyl groups excluding tert-OH is 2. The van der Waals surface area contributed by atoms with Crippen LogP contribution in [0.5, 0.6) is 0 Å². The van der Waals surface area contributed by atoms with E-state index in [0.717, 1.165) is 92.6 Å². The van der Waals surface area contributed by atoms with Gasteiger partial charge in [-0.15, -0.1) is 0 Å². The van der Waals surface area contributed by atoms with Crippen LogP contribution in [-0.4, -0.2) is 77.5 Å². The normalized spacial score (nSPS) is 40.6. The molecule has 41 heavy (non-hydrogen) atoms. The number of carbonyl (C=O) groups excluding carboxylic acids is 1. The lowest BCUT2D eigenvalue weighted by Crippen LogP contribution is -3.00. The molecule has 2 N–H and O–H groups in total. The lowest BCUT2D eigenvalue weighted by molar-refractivity contribution is -0.932. The van der Waals surface area contributed by atoms with E-state index < -0.39 is 0 Å². The maximum absolute atomic E-state index is 13.3. The van der Waals surface area contributed by atoms with Crippen molar-refractivity contribution < 1.29 is 36.5 Å². The number of rotatable bonds is 10. The molecule has 0 spiro atoms. The third-order valence-electron chi connectivity index (χ3n) is 14.1. The summed E-state index contributed by atoms with van der Waals surface area (Å²) >= 11 is 0. The van der Waals surface area contributed by atoms with Gasteiger partial charge in [0.2, 0.25) is 5.91 Å². The predicted octanol–water partition coefficient (Wildman–Crippen LogP) is 3.27. The molecule has 5 rings (SSSR count). The number of hydrogen-bond acceptors (Lipinski definition) is 3. The minimum absolute atomic E-state index is 0. The zero-order valence-corrected chi connectivity index (χ0v) is 28.6. The molecule has 1 heterocycles. The van der Waals surface area contributed by atoms with E-state index in [4.69, 9.17) is 0 Å². The topological polar surface area (TPSA) is 60.8 Å². The highest BCUT2D eigenvalue weighted by atomic mass is 79.9. The molecule has 0 aromatic carbocycles. The highest BCUT2D eigenvalue weighted by molar-refractivity contribution is 5.76. The Hall–Kier alpha value is -0.170. The van der Waals surface area contributed by atoms with Crippen molar-refractivity contribution in [1.82, 2.24) is 4.90 Å². The fraction of sp³-hybridized carbons (Fsp3) is 0.971. The number of amides is 1. The van der Waals surface area contributed by atoms with Gasteiger partial charge in [-0.1, -0.05) is 34.1 Å². The van der Waals surface area contributed by atoms with Gasteiger partial charge in [-0.3, -0.25) is 4.79 Å². The largest absolute Gasteiger partial charge is 1.00 e. The van der Waals surface area contributed by atoms with Gasteiger partial charge in [-0.25, -0.2) is 0 Å². The summed E-state index contributed by atoms with van der Waals surface area (Å²) in [7, 11) is 0. The molecule has 5 nitrogen and oxygen atoms in total. The van der Waals surface area contributed by atoms with Gasteiger partial charge in [-0.05, 0) is 123 Å². The first kappa shape index (κ1) is 33.7. The maximum Gasteiger partial charge on any atom is 0.222 e. The van der Waals surface area contributed by atoms with E-state index >= 15 is 0 Å². The van der Waals surface area contributed by atoms with Crippen molar-refractivity contribution in [2.24, 2.45) is 46.3 Å². The second-order valence-electron chi connectivity index (χ2n) is 15.9. The lowest BCUT2D eigenvalue weighted by Gasteiger charge is -2.61. The Kier molecular flexibility index (Phi) is 11.4. The van der Waals surface area contributed by atoms with E-state index in [-0.39, 0.29) is 29.7 Å². The Bertz CT molecular complexity index is 862. The number of halogens is 1. The Morgan fingerprint density at radius 3 is 2.37 bits per heavy atom. The van der Waals surface area contributed by atoms with Gasteiger partial charge < -0.3 is 36.6 Å². The summed E-state index contributed by atoms with van der Waals surface area (Å²) in [4.78, 5) is 15.5. The van der Waals surface area contributed by atoms with Crippen LogP contribution < -0.4 is 17.0 Å². The zero-order chi connectivity index (χ0) is 28.5. The third-order valence-corrected chi connectivity index (χ3v) is 14.1. The van der Waals surface area contributed by atoms with Crippen molar-refractivity contribution in [1.29, 1.82) is 0 Å². The van der Waals surface area contributed by atoms with E-state index in [9.17, 15) is 15.0 Å². The van der Waals surface area contributed by atoms with E-state index in [1.54, 1.807) is 0 Å². The molecule has 238 valence electrons. The number of nitrogens with zero attached hydrogens (tertiary/aromatic N) is 2. The molecule has 4 unspecified atom stereocenters. The van der Waals surface area contributed by atoms with E-state index in [1.807, 2.05) is 0 Å². The van der Waals surface area contributed by atoms with Gasteiger partial charge in [0.15, 0.2) is 0 Å². The lowest BCUT2D eigenvalue weighted by atomic mass is 9.44. The van der Waals surface area contributed by atoms with Crippen LogP contribution in [0.1, 0.15) is 118 Å². The van der Waals surface area contributed by atoms with E-state index in [2.05, 4.69) is 32.6 Å². The molecule has 0 aromatic heterocycles. The fourth-order valence-electron chi connectivity index (χ4n) is 11.5. The third kappa shape index (κ3) is 6.61. The first-order valence-corrected chi connectivity index (χ1v) is 17.6. The summed E-state index contributed by atoms with van der Waals surface area (Å²) in [5.41, 5.74) is 0.906.